The summed E-state index contributed by atoms with van der Waals surface area (Å²) in [5.74, 6) is -0.256. The number of amides is 1. The normalized spacial score (nSPS) is 16.7. The fraction of sp³-hybridized carbons (Fsp3) is 0.350. The SMILES string of the molecule is Cc1c(O)cccc1C(=O)N1CCC(C(O)c2ccc(F)cc2)CC1. The van der Waals surface area contributed by atoms with Crippen LogP contribution < -0.4 is 0 Å². The Hall–Kier alpha value is -2.40. The molecule has 1 aliphatic heterocycles. The Morgan fingerprint density at radius 1 is 1.16 bits per heavy atom. The minimum absolute atomic E-state index is 0.0415. The van der Waals surface area contributed by atoms with Crippen molar-refractivity contribution in [3.8, 4) is 5.75 Å². The number of phenolic OH excluding ortho intramolecular Hbond substituents is 1. The van der Waals surface area contributed by atoms with Crippen LogP contribution in [0.1, 0.15) is 40.4 Å². The number of aliphatic hydroxyl groups is 1. The van der Waals surface area contributed by atoms with Gasteiger partial charge in [0, 0.05) is 24.2 Å². The lowest BCUT2D eigenvalue weighted by atomic mass is 9.87. The van der Waals surface area contributed by atoms with E-state index in [0.29, 0.717) is 42.6 Å². The molecule has 0 saturated carbocycles. The first-order valence-corrected chi connectivity index (χ1v) is 8.48. The maximum absolute atomic E-state index is 13.0. The predicted molar refractivity (Wildman–Crippen MR) is 92.8 cm³/mol. The van der Waals surface area contributed by atoms with Crippen LogP contribution in [0, 0.1) is 18.7 Å². The quantitative estimate of drug-likeness (QED) is 0.898. The van der Waals surface area contributed by atoms with Crippen molar-refractivity contribution in [3.63, 3.8) is 0 Å². The number of phenols is 1. The molecule has 5 heteroatoms. The molecule has 0 bridgehead atoms. The molecular formula is C20H22FNO3. The Balaban J connectivity index is 1.64. The van der Waals surface area contributed by atoms with E-state index in [4.69, 9.17) is 0 Å². The molecule has 25 heavy (non-hydrogen) atoms. The van der Waals surface area contributed by atoms with Crippen molar-refractivity contribution in [2.45, 2.75) is 25.9 Å². The number of piperidine rings is 1. The van der Waals surface area contributed by atoms with Gasteiger partial charge in [-0.15, -0.1) is 0 Å². The first-order chi connectivity index (χ1) is 12.0. The number of benzene rings is 2. The summed E-state index contributed by atoms with van der Waals surface area (Å²) >= 11 is 0. The topological polar surface area (TPSA) is 60.8 Å². The van der Waals surface area contributed by atoms with Gasteiger partial charge in [-0.3, -0.25) is 4.79 Å². The fourth-order valence-corrected chi connectivity index (χ4v) is 3.38. The number of carbonyl (C=O) groups excluding carboxylic acids is 1. The van der Waals surface area contributed by atoms with Crippen LogP contribution in [0.4, 0.5) is 4.39 Å². The van der Waals surface area contributed by atoms with Gasteiger partial charge in [-0.25, -0.2) is 4.39 Å². The van der Waals surface area contributed by atoms with Crippen LogP contribution in [-0.2, 0) is 0 Å². The number of carbonyl (C=O) groups is 1. The molecule has 1 aliphatic rings. The lowest BCUT2D eigenvalue weighted by Crippen LogP contribution is -2.40. The zero-order chi connectivity index (χ0) is 18.0. The summed E-state index contributed by atoms with van der Waals surface area (Å²) in [7, 11) is 0. The number of halogens is 1. The third kappa shape index (κ3) is 3.66. The molecule has 1 amide bonds. The summed E-state index contributed by atoms with van der Waals surface area (Å²) in [5.41, 5.74) is 1.80. The van der Waals surface area contributed by atoms with E-state index in [2.05, 4.69) is 0 Å². The van der Waals surface area contributed by atoms with Crippen LogP contribution >= 0.6 is 0 Å². The average molecular weight is 343 g/mol. The molecule has 2 aromatic carbocycles. The number of nitrogens with zero attached hydrogens (tertiary/aromatic N) is 1. The lowest BCUT2D eigenvalue weighted by Gasteiger charge is -2.34. The highest BCUT2D eigenvalue weighted by Crippen LogP contribution is 2.31. The first-order valence-electron chi connectivity index (χ1n) is 8.48. The maximum atomic E-state index is 13.0. The second kappa shape index (κ2) is 7.23. The van der Waals surface area contributed by atoms with Gasteiger partial charge in [-0.1, -0.05) is 18.2 Å². The minimum Gasteiger partial charge on any atom is -0.508 e. The van der Waals surface area contributed by atoms with E-state index in [9.17, 15) is 19.4 Å². The molecule has 2 aromatic rings. The highest BCUT2D eigenvalue weighted by atomic mass is 19.1. The van der Waals surface area contributed by atoms with Gasteiger partial charge in [0.2, 0.25) is 0 Å². The van der Waals surface area contributed by atoms with E-state index in [1.54, 1.807) is 42.2 Å². The Bertz CT molecular complexity index is 752. The second-order valence-corrected chi connectivity index (χ2v) is 6.58. The number of hydrogen-bond donors (Lipinski definition) is 2. The molecule has 132 valence electrons. The number of aliphatic hydroxyl groups excluding tert-OH is 1. The molecule has 4 nitrogen and oxygen atoms in total. The van der Waals surface area contributed by atoms with Crippen LogP contribution in [0.2, 0.25) is 0 Å². The molecule has 1 unspecified atom stereocenters. The maximum Gasteiger partial charge on any atom is 0.254 e. The van der Waals surface area contributed by atoms with Gasteiger partial charge < -0.3 is 15.1 Å². The van der Waals surface area contributed by atoms with E-state index in [1.807, 2.05) is 0 Å². The second-order valence-electron chi connectivity index (χ2n) is 6.58. The van der Waals surface area contributed by atoms with Gasteiger partial charge in [0.05, 0.1) is 6.10 Å². The van der Waals surface area contributed by atoms with Crippen molar-refractivity contribution < 1.29 is 19.4 Å². The molecule has 1 fully saturated rings. The summed E-state index contributed by atoms with van der Waals surface area (Å²) in [6, 6.07) is 10.9. The molecule has 1 atom stereocenters. The Kier molecular flexibility index (Phi) is 5.04. The molecule has 1 saturated heterocycles. The molecular weight excluding hydrogens is 321 g/mol. The molecule has 0 aliphatic carbocycles. The van der Waals surface area contributed by atoms with Crippen LogP contribution in [0.5, 0.6) is 5.75 Å². The van der Waals surface area contributed by atoms with Crippen LogP contribution in [0.25, 0.3) is 0 Å². The third-order valence-corrected chi connectivity index (χ3v) is 5.02. The van der Waals surface area contributed by atoms with Gasteiger partial charge in [0.1, 0.15) is 11.6 Å². The summed E-state index contributed by atoms with van der Waals surface area (Å²) in [6.45, 7) is 2.83. The number of rotatable bonds is 3. The number of likely N-dealkylation sites (tertiary alicyclic amines) is 1. The summed E-state index contributed by atoms with van der Waals surface area (Å²) < 4.78 is 13.0. The summed E-state index contributed by atoms with van der Waals surface area (Å²) in [4.78, 5) is 14.4. The zero-order valence-electron chi connectivity index (χ0n) is 14.2. The third-order valence-electron chi connectivity index (χ3n) is 5.02. The first kappa shape index (κ1) is 17.4. The van der Waals surface area contributed by atoms with Crippen molar-refractivity contribution >= 4 is 5.91 Å². The Morgan fingerprint density at radius 3 is 2.44 bits per heavy atom. The van der Waals surface area contributed by atoms with Gasteiger partial charge in [0.15, 0.2) is 0 Å². The van der Waals surface area contributed by atoms with Crippen molar-refractivity contribution in [3.05, 3.63) is 65.0 Å². The predicted octanol–water partition coefficient (Wildman–Crippen LogP) is 3.43. The largest absolute Gasteiger partial charge is 0.508 e. The van der Waals surface area contributed by atoms with Gasteiger partial charge in [0.25, 0.3) is 5.91 Å². The summed E-state index contributed by atoms with van der Waals surface area (Å²) in [6.07, 6.45) is 0.713. The number of hydrogen-bond acceptors (Lipinski definition) is 3. The average Bonchev–Trinajstić information content (AvgIpc) is 2.64. The smallest absolute Gasteiger partial charge is 0.254 e. The molecule has 2 N–H and O–H groups in total. The monoisotopic (exact) mass is 343 g/mol. The van der Waals surface area contributed by atoms with Crippen LogP contribution in [0.3, 0.4) is 0 Å². The molecule has 0 spiro atoms. The fourth-order valence-electron chi connectivity index (χ4n) is 3.38. The van der Waals surface area contributed by atoms with E-state index < -0.39 is 6.10 Å². The van der Waals surface area contributed by atoms with Crippen LogP contribution in [0.15, 0.2) is 42.5 Å². The van der Waals surface area contributed by atoms with Crippen molar-refractivity contribution in [2.24, 2.45) is 5.92 Å². The van der Waals surface area contributed by atoms with Crippen molar-refractivity contribution in [1.29, 1.82) is 0 Å². The molecule has 0 radical (unpaired) electrons. The standard InChI is InChI=1S/C20H22FNO3/c1-13-17(3-2-4-18(13)23)20(25)22-11-9-15(10-12-22)19(24)14-5-7-16(21)8-6-14/h2-8,15,19,23-24H,9-12H2,1H3. The highest BCUT2D eigenvalue weighted by Gasteiger charge is 2.29. The van der Waals surface area contributed by atoms with Crippen molar-refractivity contribution in [1.82, 2.24) is 4.90 Å². The van der Waals surface area contributed by atoms with Crippen molar-refractivity contribution in [2.75, 3.05) is 13.1 Å². The Morgan fingerprint density at radius 2 is 1.80 bits per heavy atom. The van der Waals surface area contributed by atoms with E-state index in [-0.39, 0.29) is 23.4 Å². The molecule has 0 aromatic heterocycles. The minimum atomic E-state index is -0.652. The Labute approximate surface area is 146 Å². The molecule has 1 heterocycles. The van der Waals surface area contributed by atoms with E-state index in [0.717, 1.165) is 0 Å². The highest BCUT2D eigenvalue weighted by molar-refractivity contribution is 5.96. The van der Waals surface area contributed by atoms with Gasteiger partial charge >= 0.3 is 0 Å². The molecule has 3 rings (SSSR count). The van der Waals surface area contributed by atoms with Gasteiger partial charge in [-0.2, -0.15) is 0 Å². The zero-order valence-corrected chi connectivity index (χ0v) is 14.2. The lowest BCUT2D eigenvalue weighted by molar-refractivity contribution is 0.0461. The van der Waals surface area contributed by atoms with Crippen LogP contribution in [-0.4, -0.2) is 34.1 Å². The summed E-state index contributed by atoms with van der Waals surface area (Å²) in [5, 5.41) is 20.3. The van der Waals surface area contributed by atoms with Gasteiger partial charge in [-0.05, 0) is 55.5 Å². The van der Waals surface area contributed by atoms with E-state index in [1.165, 1.54) is 12.1 Å². The van der Waals surface area contributed by atoms with E-state index >= 15 is 0 Å². The number of aromatic hydroxyl groups is 1.